The highest BCUT2D eigenvalue weighted by Gasteiger charge is 2.03. The molecular formula is C17H14ClN3. The third kappa shape index (κ3) is 3.03. The molecule has 0 aliphatic heterocycles. The Labute approximate surface area is 128 Å². The Morgan fingerprint density at radius 1 is 1.10 bits per heavy atom. The summed E-state index contributed by atoms with van der Waals surface area (Å²) in [6.07, 6.45) is 0. The van der Waals surface area contributed by atoms with Crippen LogP contribution in [-0.4, -0.2) is 10.8 Å². The topological polar surface area (TPSA) is 51.3 Å². The predicted molar refractivity (Wildman–Crippen MR) is 89.1 cm³/mol. The SMILES string of the molecule is CC(N)=Nc1ccc2nc(-c3cccc(Cl)c3)ccc2c1. The van der Waals surface area contributed by atoms with Crippen molar-refractivity contribution >= 4 is 34.0 Å². The molecule has 3 rings (SSSR count). The number of pyridine rings is 1. The van der Waals surface area contributed by atoms with Crippen LogP contribution in [-0.2, 0) is 0 Å². The number of hydrogen-bond donors (Lipinski definition) is 1. The average molecular weight is 296 g/mol. The molecule has 2 N–H and O–H groups in total. The summed E-state index contributed by atoms with van der Waals surface area (Å²) in [5, 5.41) is 1.74. The molecule has 104 valence electrons. The molecular weight excluding hydrogens is 282 g/mol. The Bertz CT molecular complexity index is 836. The van der Waals surface area contributed by atoms with E-state index in [1.54, 1.807) is 6.92 Å². The van der Waals surface area contributed by atoms with Gasteiger partial charge in [-0.15, -0.1) is 0 Å². The molecule has 0 aliphatic carbocycles. The van der Waals surface area contributed by atoms with E-state index in [1.165, 1.54) is 0 Å². The minimum atomic E-state index is 0.540. The van der Waals surface area contributed by atoms with E-state index in [9.17, 15) is 0 Å². The van der Waals surface area contributed by atoms with Crippen molar-refractivity contribution in [2.45, 2.75) is 6.92 Å². The van der Waals surface area contributed by atoms with Gasteiger partial charge < -0.3 is 5.73 Å². The molecule has 0 saturated carbocycles. The van der Waals surface area contributed by atoms with Gasteiger partial charge in [0.2, 0.25) is 0 Å². The van der Waals surface area contributed by atoms with Gasteiger partial charge in [0.1, 0.15) is 0 Å². The third-order valence-electron chi connectivity index (χ3n) is 3.10. The maximum atomic E-state index is 6.03. The molecule has 21 heavy (non-hydrogen) atoms. The third-order valence-corrected chi connectivity index (χ3v) is 3.33. The second kappa shape index (κ2) is 5.54. The number of nitrogens with zero attached hydrogens (tertiary/aromatic N) is 2. The van der Waals surface area contributed by atoms with Crippen molar-refractivity contribution in [2.75, 3.05) is 0 Å². The highest BCUT2D eigenvalue weighted by molar-refractivity contribution is 6.30. The fraction of sp³-hybridized carbons (Fsp3) is 0.0588. The van der Waals surface area contributed by atoms with Gasteiger partial charge >= 0.3 is 0 Å². The lowest BCUT2D eigenvalue weighted by Crippen LogP contribution is -2.03. The molecule has 1 heterocycles. The molecule has 0 atom stereocenters. The van der Waals surface area contributed by atoms with Crippen LogP contribution in [0, 0.1) is 0 Å². The van der Waals surface area contributed by atoms with E-state index in [1.807, 2.05) is 54.6 Å². The number of aliphatic imine (C=N–C) groups is 1. The predicted octanol–water partition coefficient (Wildman–Crippen LogP) is 4.56. The van der Waals surface area contributed by atoms with E-state index in [0.29, 0.717) is 10.9 Å². The van der Waals surface area contributed by atoms with Crippen LogP contribution in [0.1, 0.15) is 6.92 Å². The fourth-order valence-electron chi connectivity index (χ4n) is 2.19. The molecule has 1 aromatic heterocycles. The van der Waals surface area contributed by atoms with Crippen molar-refractivity contribution in [3.63, 3.8) is 0 Å². The second-order valence-electron chi connectivity index (χ2n) is 4.84. The normalized spacial score (nSPS) is 11.8. The summed E-state index contributed by atoms with van der Waals surface area (Å²) in [5.74, 6) is 0.540. The Balaban J connectivity index is 2.07. The smallest absolute Gasteiger partial charge is 0.0964 e. The fourth-order valence-corrected chi connectivity index (χ4v) is 2.39. The van der Waals surface area contributed by atoms with Crippen molar-refractivity contribution in [3.05, 3.63) is 59.6 Å². The second-order valence-corrected chi connectivity index (χ2v) is 5.27. The minimum absolute atomic E-state index is 0.540. The number of hydrogen-bond acceptors (Lipinski definition) is 2. The molecule has 0 saturated heterocycles. The lowest BCUT2D eigenvalue weighted by molar-refractivity contribution is 1.39. The Hall–Kier alpha value is -2.39. The van der Waals surface area contributed by atoms with E-state index >= 15 is 0 Å². The molecule has 3 nitrogen and oxygen atoms in total. The van der Waals surface area contributed by atoms with Crippen LogP contribution in [0.25, 0.3) is 22.2 Å². The summed E-state index contributed by atoms with van der Waals surface area (Å²) in [5.41, 5.74) is 9.26. The van der Waals surface area contributed by atoms with Crippen LogP contribution in [0.15, 0.2) is 59.6 Å². The first-order valence-corrected chi connectivity index (χ1v) is 6.97. The number of halogens is 1. The van der Waals surface area contributed by atoms with Crippen LogP contribution < -0.4 is 5.73 Å². The maximum Gasteiger partial charge on any atom is 0.0964 e. The first-order chi connectivity index (χ1) is 10.1. The van der Waals surface area contributed by atoms with Gasteiger partial charge in [0, 0.05) is 16.0 Å². The zero-order valence-electron chi connectivity index (χ0n) is 11.5. The van der Waals surface area contributed by atoms with E-state index in [-0.39, 0.29) is 0 Å². The lowest BCUT2D eigenvalue weighted by atomic mass is 10.1. The largest absolute Gasteiger partial charge is 0.387 e. The zero-order valence-corrected chi connectivity index (χ0v) is 12.3. The van der Waals surface area contributed by atoms with E-state index in [4.69, 9.17) is 17.3 Å². The Morgan fingerprint density at radius 3 is 2.71 bits per heavy atom. The number of benzene rings is 2. The Kier molecular flexibility index (Phi) is 3.59. The van der Waals surface area contributed by atoms with E-state index in [0.717, 1.165) is 27.8 Å². The van der Waals surface area contributed by atoms with Crippen molar-refractivity contribution in [3.8, 4) is 11.3 Å². The maximum absolute atomic E-state index is 6.03. The molecule has 4 heteroatoms. The molecule has 0 spiro atoms. The van der Waals surface area contributed by atoms with Gasteiger partial charge in [-0.1, -0.05) is 29.8 Å². The molecule has 0 amide bonds. The van der Waals surface area contributed by atoms with Crippen molar-refractivity contribution in [1.82, 2.24) is 4.98 Å². The summed E-state index contributed by atoms with van der Waals surface area (Å²) in [6.45, 7) is 1.77. The summed E-state index contributed by atoms with van der Waals surface area (Å²) in [6, 6.07) is 17.5. The van der Waals surface area contributed by atoms with Crippen molar-refractivity contribution in [1.29, 1.82) is 0 Å². The molecule has 2 aromatic carbocycles. The molecule has 0 aliphatic rings. The monoisotopic (exact) mass is 295 g/mol. The average Bonchev–Trinajstić information content (AvgIpc) is 2.46. The molecule has 0 fully saturated rings. The summed E-state index contributed by atoms with van der Waals surface area (Å²) in [7, 11) is 0. The highest BCUT2D eigenvalue weighted by atomic mass is 35.5. The number of aromatic nitrogens is 1. The van der Waals surface area contributed by atoms with Gasteiger partial charge in [0.15, 0.2) is 0 Å². The molecule has 0 unspecified atom stereocenters. The van der Waals surface area contributed by atoms with Crippen LogP contribution in [0.2, 0.25) is 5.02 Å². The first-order valence-electron chi connectivity index (χ1n) is 6.59. The molecule has 0 radical (unpaired) electrons. The highest BCUT2D eigenvalue weighted by Crippen LogP contribution is 2.25. The zero-order chi connectivity index (χ0) is 14.8. The van der Waals surface area contributed by atoms with Crippen molar-refractivity contribution in [2.24, 2.45) is 10.7 Å². The lowest BCUT2D eigenvalue weighted by Gasteiger charge is -2.05. The van der Waals surface area contributed by atoms with Gasteiger partial charge in [0.05, 0.1) is 22.7 Å². The number of rotatable bonds is 2. The van der Waals surface area contributed by atoms with Gasteiger partial charge in [-0.3, -0.25) is 0 Å². The van der Waals surface area contributed by atoms with Crippen LogP contribution in [0.5, 0.6) is 0 Å². The first kappa shape index (κ1) is 13.6. The van der Waals surface area contributed by atoms with Crippen LogP contribution in [0.4, 0.5) is 5.69 Å². The number of fused-ring (bicyclic) bond motifs is 1. The van der Waals surface area contributed by atoms with Gasteiger partial charge in [-0.2, -0.15) is 0 Å². The van der Waals surface area contributed by atoms with Gasteiger partial charge in [0.25, 0.3) is 0 Å². The minimum Gasteiger partial charge on any atom is -0.387 e. The summed E-state index contributed by atoms with van der Waals surface area (Å²) >= 11 is 6.03. The van der Waals surface area contributed by atoms with Crippen LogP contribution in [0.3, 0.4) is 0 Å². The number of nitrogens with two attached hydrogens (primary N) is 1. The van der Waals surface area contributed by atoms with Gasteiger partial charge in [-0.25, -0.2) is 9.98 Å². The van der Waals surface area contributed by atoms with E-state index in [2.05, 4.69) is 9.98 Å². The quantitative estimate of drug-likeness (QED) is 0.556. The Morgan fingerprint density at radius 2 is 1.95 bits per heavy atom. The van der Waals surface area contributed by atoms with Crippen LogP contribution >= 0.6 is 11.6 Å². The standard InChI is InChI=1S/C17H14ClN3/c1-11(19)20-15-6-8-17-13(10-15)5-7-16(21-17)12-3-2-4-14(18)9-12/h2-10H,1H3,(H2,19,20). The number of amidine groups is 1. The summed E-state index contributed by atoms with van der Waals surface area (Å²) < 4.78 is 0. The summed E-state index contributed by atoms with van der Waals surface area (Å²) in [4.78, 5) is 8.92. The molecule has 0 bridgehead atoms. The van der Waals surface area contributed by atoms with E-state index < -0.39 is 0 Å². The van der Waals surface area contributed by atoms with Gasteiger partial charge in [-0.05, 0) is 43.3 Å². The van der Waals surface area contributed by atoms with Crippen molar-refractivity contribution < 1.29 is 0 Å². The molecule has 3 aromatic rings.